The van der Waals surface area contributed by atoms with Crippen molar-refractivity contribution in [3.8, 4) is 6.07 Å². The Balaban J connectivity index is 2.19. The summed E-state index contributed by atoms with van der Waals surface area (Å²) in [6, 6.07) is 7.65. The number of carbonyl (C=O) groups is 1. The Labute approximate surface area is 113 Å². The summed E-state index contributed by atoms with van der Waals surface area (Å²) >= 11 is 0. The molecule has 1 aromatic rings. The summed E-state index contributed by atoms with van der Waals surface area (Å²) in [7, 11) is 0. The molecule has 2 N–H and O–H groups in total. The molecule has 0 radical (unpaired) electrons. The van der Waals surface area contributed by atoms with Crippen molar-refractivity contribution in [1.29, 1.82) is 5.26 Å². The number of rotatable bonds is 4. The fraction of sp³-hybridized carbons (Fsp3) is 0.467. The smallest absolute Gasteiger partial charge is 0.311 e. The van der Waals surface area contributed by atoms with Crippen LogP contribution >= 0.6 is 0 Å². The zero-order valence-corrected chi connectivity index (χ0v) is 11.1. The Kier molecular flexibility index (Phi) is 3.75. The van der Waals surface area contributed by atoms with Crippen LogP contribution in [0.3, 0.4) is 0 Å². The SMILES string of the molecule is Cc1cccc(C#N)c1NCC1(C(=O)O)CCCC1. The molecule has 0 bridgehead atoms. The van der Waals surface area contributed by atoms with Gasteiger partial charge in [0.15, 0.2) is 0 Å². The average Bonchev–Trinajstić information content (AvgIpc) is 2.87. The first-order valence-corrected chi connectivity index (χ1v) is 6.56. The molecule has 0 unspecified atom stereocenters. The summed E-state index contributed by atoms with van der Waals surface area (Å²) in [6.45, 7) is 2.31. The number of carboxylic acid groups (broad SMARTS) is 1. The fourth-order valence-corrected chi connectivity index (χ4v) is 2.77. The highest BCUT2D eigenvalue weighted by atomic mass is 16.4. The van der Waals surface area contributed by atoms with Crippen LogP contribution in [-0.4, -0.2) is 17.6 Å². The van der Waals surface area contributed by atoms with Crippen molar-refractivity contribution in [2.75, 3.05) is 11.9 Å². The van der Waals surface area contributed by atoms with E-state index in [1.54, 1.807) is 6.07 Å². The molecule has 4 nitrogen and oxygen atoms in total. The first-order valence-electron chi connectivity index (χ1n) is 6.56. The molecule has 1 fully saturated rings. The van der Waals surface area contributed by atoms with Crippen LogP contribution < -0.4 is 5.32 Å². The van der Waals surface area contributed by atoms with Crippen molar-refractivity contribution in [2.24, 2.45) is 5.41 Å². The second-order valence-electron chi connectivity index (χ2n) is 5.26. The maximum Gasteiger partial charge on any atom is 0.311 e. The zero-order valence-electron chi connectivity index (χ0n) is 11.1. The van der Waals surface area contributed by atoms with E-state index in [0.29, 0.717) is 24.9 Å². The highest BCUT2D eigenvalue weighted by molar-refractivity contribution is 5.76. The van der Waals surface area contributed by atoms with Crippen molar-refractivity contribution in [1.82, 2.24) is 0 Å². The summed E-state index contributed by atoms with van der Waals surface area (Å²) in [5.74, 6) is -0.732. The summed E-state index contributed by atoms with van der Waals surface area (Å²) in [5, 5.41) is 21.7. The van der Waals surface area contributed by atoms with Gasteiger partial charge in [-0.15, -0.1) is 0 Å². The van der Waals surface area contributed by atoms with E-state index in [-0.39, 0.29) is 0 Å². The molecule has 19 heavy (non-hydrogen) atoms. The minimum absolute atomic E-state index is 0.391. The molecule has 0 amide bonds. The third-order valence-electron chi connectivity index (χ3n) is 4.01. The van der Waals surface area contributed by atoms with E-state index < -0.39 is 11.4 Å². The van der Waals surface area contributed by atoms with Crippen LogP contribution in [-0.2, 0) is 4.79 Å². The lowest BCUT2D eigenvalue weighted by Crippen LogP contribution is -2.35. The minimum Gasteiger partial charge on any atom is -0.481 e. The first kappa shape index (κ1) is 13.4. The molecule has 0 aliphatic heterocycles. The summed E-state index contributed by atoms with van der Waals surface area (Å²) < 4.78 is 0. The second-order valence-corrected chi connectivity index (χ2v) is 5.26. The molecule has 1 saturated carbocycles. The molecule has 100 valence electrons. The van der Waals surface area contributed by atoms with Gasteiger partial charge in [-0.3, -0.25) is 4.79 Å². The molecule has 1 aliphatic rings. The number of carboxylic acids is 1. The summed E-state index contributed by atoms with van der Waals surface area (Å²) in [5.41, 5.74) is 1.63. The van der Waals surface area contributed by atoms with Gasteiger partial charge in [-0.1, -0.05) is 25.0 Å². The topological polar surface area (TPSA) is 73.1 Å². The van der Waals surface area contributed by atoms with Gasteiger partial charge in [0, 0.05) is 6.54 Å². The van der Waals surface area contributed by atoms with Gasteiger partial charge in [0.05, 0.1) is 16.7 Å². The van der Waals surface area contributed by atoms with Crippen LogP contribution in [0.25, 0.3) is 0 Å². The number of benzene rings is 1. The molecule has 0 aromatic heterocycles. The highest BCUT2D eigenvalue weighted by Crippen LogP contribution is 2.38. The minimum atomic E-state index is -0.732. The number of nitrogens with one attached hydrogen (secondary N) is 1. The molecule has 0 spiro atoms. The maximum absolute atomic E-state index is 11.5. The Morgan fingerprint density at radius 3 is 2.74 bits per heavy atom. The number of aryl methyl sites for hydroxylation is 1. The van der Waals surface area contributed by atoms with Gasteiger partial charge in [-0.2, -0.15) is 5.26 Å². The molecule has 4 heteroatoms. The van der Waals surface area contributed by atoms with Crippen molar-refractivity contribution < 1.29 is 9.90 Å². The molecular formula is C15H18N2O2. The Morgan fingerprint density at radius 2 is 2.16 bits per heavy atom. The molecule has 1 aliphatic carbocycles. The standard InChI is InChI=1S/C15H18N2O2/c1-11-5-4-6-12(9-16)13(11)17-10-15(14(18)19)7-2-3-8-15/h4-6,17H,2-3,7-8,10H2,1H3,(H,18,19). The number of hydrogen-bond acceptors (Lipinski definition) is 3. The maximum atomic E-state index is 11.5. The van der Waals surface area contributed by atoms with Crippen LogP contribution in [0.2, 0.25) is 0 Å². The molecule has 0 saturated heterocycles. The van der Waals surface area contributed by atoms with Crippen molar-refractivity contribution in [2.45, 2.75) is 32.6 Å². The van der Waals surface area contributed by atoms with E-state index >= 15 is 0 Å². The van der Waals surface area contributed by atoms with Crippen LogP contribution in [0.4, 0.5) is 5.69 Å². The van der Waals surface area contributed by atoms with E-state index in [1.165, 1.54) is 0 Å². The van der Waals surface area contributed by atoms with E-state index in [0.717, 1.165) is 24.1 Å². The molecular weight excluding hydrogens is 240 g/mol. The zero-order chi connectivity index (χ0) is 13.9. The number of nitriles is 1. The van der Waals surface area contributed by atoms with E-state index in [1.807, 2.05) is 19.1 Å². The number of para-hydroxylation sites is 1. The van der Waals surface area contributed by atoms with Crippen molar-refractivity contribution in [3.63, 3.8) is 0 Å². The van der Waals surface area contributed by atoms with Gasteiger partial charge >= 0.3 is 5.97 Å². The van der Waals surface area contributed by atoms with E-state index in [2.05, 4.69) is 11.4 Å². The first-order chi connectivity index (χ1) is 9.09. The quantitative estimate of drug-likeness (QED) is 0.870. The number of aliphatic carboxylic acids is 1. The van der Waals surface area contributed by atoms with E-state index in [9.17, 15) is 9.90 Å². The number of hydrogen-bond donors (Lipinski definition) is 2. The van der Waals surface area contributed by atoms with E-state index in [4.69, 9.17) is 5.26 Å². The Hall–Kier alpha value is -2.02. The third kappa shape index (κ3) is 2.55. The lowest BCUT2D eigenvalue weighted by molar-refractivity contribution is -0.147. The van der Waals surface area contributed by atoms with Crippen LogP contribution in [0, 0.1) is 23.7 Å². The van der Waals surface area contributed by atoms with Crippen LogP contribution in [0.5, 0.6) is 0 Å². The van der Waals surface area contributed by atoms with Crippen LogP contribution in [0.1, 0.15) is 36.8 Å². The normalized spacial score (nSPS) is 16.8. The molecule has 0 heterocycles. The highest BCUT2D eigenvalue weighted by Gasteiger charge is 2.41. The Morgan fingerprint density at radius 1 is 1.47 bits per heavy atom. The van der Waals surface area contributed by atoms with Crippen molar-refractivity contribution >= 4 is 11.7 Å². The molecule has 0 atom stereocenters. The lowest BCUT2D eigenvalue weighted by atomic mass is 9.86. The predicted molar refractivity (Wildman–Crippen MR) is 72.9 cm³/mol. The van der Waals surface area contributed by atoms with Crippen LogP contribution in [0.15, 0.2) is 18.2 Å². The second kappa shape index (κ2) is 5.31. The average molecular weight is 258 g/mol. The summed E-state index contributed by atoms with van der Waals surface area (Å²) in [4.78, 5) is 11.5. The fourth-order valence-electron chi connectivity index (χ4n) is 2.77. The largest absolute Gasteiger partial charge is 0.481 e. The predicted octanol–water partition coefficient (Wildman–Crippen LogP) is 2.92. The monoisotopic (exact) mass is 258 g/mol. The van der Waals surface area contributed by atoms with Gasteiger partial charge < -0.3 is 10.4 Å². The van der Waals surface area contributed by atoms with Crippen molar-refractivity contribution in [3.05, 3.63) is 29.3 Å². The molecule has 1 aromatic carbocycles. The lowest BCUT2D eigenvalue weighted by Gasteiger charge is -2.25. The Bertz CT molecular complexity index is 525. The third-order valence-corrected chi connectivity index (χ3v) is 4.01. The van der Waals surface area contributed by atoms with Gasteiger partial charge in [0.2, 0.25) is 0 Å². The molecule has 2 rings (SSSR count). The van der Waals surface area contributed by atoms with Gasteiger partial charge in [-0.25, -0.2) is 0 Å². The van der Waals surface area contributed by atoms with Gasteiger partial charge in [0.25, 0.3) is 0 Å². The number of anilines is 1. The van der Waals surface area contributed by atoms with Gasteiger partial charge in [0.1, 0.15) is 6.07 Å². The van der Waals surface area contributed by atoms with Gasteiger partial charge in [-0.05, 0) is 31.4 Å². The summed E-state index contributed by atoms with van der Waals surface area (Å²) in [6.07, 6.45) is 3.35. The number of nitrogens with zero attached hydrogens (tertiary/aromatic N) is 1.